The lowest BCUT2D eigenvalue weighted by atomic mass is 10.2. The summed E-state index contributed by atoms with van der Waals surface area (Å²) >= 11 is 5.93. The van der Waals surface area contributed by atoms with Gasteiger partial charge in [0.1, 0.15) is 5.75 Å². The number of hydrogen-bond acceptors (Lipinski definition) is 2. The SMILES string of the molecule is CCCCNCc1cc(Cl)ccc1OC.[Cl-]. The fourth-order valence-corrected chi connectivity index (χ4v) is 1.60. The lowest BCUT2D eigenvalue weighted by Gasteiger charge is -2.09. The predicted octanol–water partition coefficient (Wildman–Crippen LogP) is 0.242. The Morgan fingerprint density at radius 1 is 1.38 bits per heavy atom. The molecule has 16 heavy (non-hydrogen) atoms. The van der Waals surface area contributed by atoms with Crippen molar-refractivity contribution in [3.8, 4) is 5.75 Å². The molecule has 0 spiro atoms. The quantitative estimate of drug-likeness (QED) is 0.742. The Kier molecular flexibility index (Phi) is 8.44. The highest BCUT2D eigenvalue weighted by molar-refractivity contribution is 6.30. The normalized spacial score (nSPS) is 9.69. The number of benzene rings is 1. The minimum Gasteiger partial charge on any atom is -1.00 e. The van der Waals surface area contributed by atoms with Crippen molar-refractivity contribution in [3.05, 3.63) is 28.8 Å². The molecule has 0 fully saturated rings. The average Bonchev–Trinajstić information content (AvgIpc) is 2.25. The van der Waals surface area contributed by atoms with Gasteiger partial charge < -0.3 is 22.5 Å². The Balaban J connectivity index is 0.00000225. The summed E-state index contributed by atoms with van der Waals surface area (Å²) in [5, 5.41) is 4.12. The topological polar surface area (TPSA) is 21.3 Å². The van der Waals surface area contributed by atoms with E-state index < -0.39 is 0 Å². The van der Waals surface area contributed by atoms with E-state index in [4.69, 9.17) is 16.3 Å². The van der Waals surface area contributed by atoms with Crippen molar-refractivity contribution in [2.75, 3.05) is 13.7 Å². The summed E-state index contributed by atoms with van der Waals surface area (Å²) in [7, 11) is 1.68. The van der Waals surface area contributed by atoms with Gasteiger partial charge in [0.2, 0.25) is 0 Å². The summed E-state index contributed by atoms with van der Waals surface area (Å²) in [5.74, 6) is 0.892. The summed E-state index contributed by atoms with van der Waals surface area (Å²) < 4.78 is 5.26. The Morgan fingerprint density at radius 3 is 2.75 bits per heavy atom. The number of methoxy groups -OCH3 is 1. The monoisotopic (exact) mass is 262 g/mol. The molecule has 2 nitrogen and oxygen atoms in total. The average molecular weight is 263 g/mol. The van der Waals surface area contributed by atoms with E-state index in [2.05, 4.69) is 12.2 Å². The van der Waals surface area contributed by atoms with Crippen LogP contribution >= 0.6 is 11.6 Å². The van der Waals surface area contributed by atoms with Crippen LogP contribution < -0.4 is 22.5 Å². The van der Waals surface area contributed by atoms with Crippen LogP contribution in [0.1, 0.15) is 25.3 Å². The summed E-state index contributed by atoms with van der Waals surface area (Å²) in [6, 6.07) is 5.69. The van der Waals surface area contributed by atoms with Crippen LogP contribution in [0.4, 0.5) is 0 Å². The summed E-state index contributed by atoms with van der Waals surface area (Å²) in [6.07, 6.45) is 2.41. The zero-order valence-electron chi connectivity index (χ0n) is 9.72. The fourth-order valence-electron chi connectivity index (χ4n) is 1.41. The van der Waals surface area contributed by atoms with Crippen molar-refractivity contribution in [1.29, 1.82) is 0 Å². The second-order valence-electron chi connectivity index (χ2n) is 3.49. The first-order valence-electron chi connectivity index (χ1n) is 5.31. The molecule has 1 aromatic rings. The van der Waals surface area contributed by atoms with E-state index in [1.54, 1.807) is 7.11 Å². The summed E-state index contributed by atoms with van der Waals surface area (Å²) in [5.41, 5.74) is 1.11. The molecule has 0 unspecified atom stereocenters. The molecule has 0 radical (unpaired) electrons. The van der Waals surface area contributed by atoms with Gasteiger partial charge in [-0.05, 0) is 31.2 Å². The van der Waals surface area contributed by atoms with Gasteiger partial charge in [-0.15, -0.1) is 0 Å². The van der Waals surface area contributed by atoms with Crippen molar-refractivity contribution in [1.82, 2.24) is 5.32 Å². The molecule has 1 N–H and O–H groups in total. The van der Waals surface area contributed by atoms with Crippen molar-refractivity contribution in [2.45, 2.75) is 26.3 Å². The molecule has 0 aliphatic carbocycles. The molecular formula is C12H18Cl2NO-. The highest BCUT2D eigenvalue weighted by Crippen LogP contribution is 2.22. The van der Waals surface area contributed by atoms with Crippen molar-refractivity contribution >= 4 is 11.6 Å². The third-order valence-electron chi connectivity index (χ3n) is 2.27. The zero-order valence-corrected chi connectivity index (χ0v) is 11.2. The second kappa shape index (κ2) is 8.68. The molecule has 0 saturated carbocycles. The van der Waals surface area contributed by atoms with E-state index in [0.717, 1.165) is 29.4 Å². The molecule has 0 aliphatic heterocycles. The summed E-state index contributed by atoms with van der Waals surface area (Å²) in [6.45, 7) is 4.03. The van der Waals surface area contributed by atoms with Crippen LogP contribution in [0.2, 0.25) is 5.02 Å². The highest BCUT2D eigenvalue weighted by atomic mass is 35.5. The van der Waals surface area contributed by atoms with Crippen molar-refractivity contribution < 1.29 is 17.1 Å². The Hall–Kier alpha value is -0.440. The van der Waals surface area contributed by atoms with Gasteiger partial charge in [0.15, 0.2) is 0 Å². The first kappa shape index (κ1) is 15.6. The molecule has 0 aromatic heterocycles. The van der Waals surface area contributed by atoms with Crippen molar-refractivity contribution in [2.24, 2.45) is 0 Å². The highest BCUT2D eigenvalue weighted by Gasteiger charge is 2.02. The van der Waals surface area contributed by atoms with Gasteiger partial charge in [-0.25, -0.2) is 0 Å². The Morgan fingerprint density at radius 2 is 2.12 bits per heavy atom. The van der Waals surface area contributed by atoms with Gasteiger partial charge in [0.05, 0.1) is 7.11 Å². The molecule has 0 aliphatic rings. The van der Waals surface area contributed by atoms with Gasteiger partial charge in [-0.2, -0.15) is 0 Å². The maximum absolute atomic E-state index is 5.93. The van der Waals surface area contributed by atoms with Crippen LogP contribution in [0.15, 0.2) is 18.2 Å². The van der Waals surface area contributed by atoms with Crippen LogP contribution in [0, 0.1) is 0 Å². The van der Waals surface area contributed by atoms with Gasteiger partial charge in [0, 0.05) is 17.1 Å². The second-order valence-corrected chi connectivity index (χ2v) is 3.92. The largest absolute Gasteiger partial charge is 1.00 e. The minimum atomic E-state index is 0. The summed E-state index contributed by atoms with van der Waals surface area (Å²) in [4.78, 5) is 0. The molecule has 0 bridgehead atoms. The predicted molar refractivity (Wildman–Crippen MR) is 64.6 cm³/mol. The maximum Gasteiger partial charge on any atom is 0.123 e. The molecule has 0 atom stereocenters. The molecule has 1 rings (SSSR count). The van der Waals surface area contributed by atoms with Crippen LogP contribution in [-0.4, -0.2) is 13.7 Å². The zero-order chi connectivity index (χ0) is 11.1. The van der Waals surface area contributed by atoms with Crippen LogP contribution in [0.5, 0.6) is 5.75 Å². The molecule has 0 amide bonds. The third-order valence-corrected chi connectivity index (χ3v) is 2.50. The number of hydrogen-bond donors (Lipinski definition) is 1. The van der Waals surface area contributed by atoms with Crippen LogP contribution in [0.25, 0.3) is 0 Å². The lowest BCUT2D eigenvalue weighted by Crippen LogP contribution is -3.00. The first-order valence-corrected chi connectivity index (χ1v) is 5.69. The molecule has 1 aromatic carbocycles. The van der Waals surface area contributed by atoms with E-state index in [-0.39, 0.29) is 12.4 Å². The number of ether oxygens (including phenoxy) is 1. The van der Waals surface area contributed by atoms with Crippen LogP contribution in [-0.2, 0) is 6.54 Å². The lowest BCUT2D eigenvalue weighted by molar-refractivity contribution is -0.00000342. The maximum atomic E-state index is 5.93. The van der Waals surface area contributed by atoms with E-state index in [1.165, 1.54) is 12.8 Å². The van der Waals surface area contributed by atoms with Crippen LogP contribution in [0.3, 0.4) is 0 Å². The van der Waals surface area contributed by atoms with Gasteiger partial charge in [-0.1, -0.05) is 24.9 Å². The van der Waals surface area contributed by atoms with E-state index >= 15 is 0 Å². The van der Waals surface area contributed by atoms with E-state index in [1.807, 2.05) is 18.2 Å². The molecule has 0 heterocycles. The van der Waals surface area contributed by atoms with Gasteiger partial charge in [0.25, 0.3) is 0 Å². The molecule has 4 heteroatoms. The number of nitrogens with one attached hydrogen (secondary N) is 1. The molecule has 0 saturated heterocycles. The van der Waals surface area contributed by atoms with E-state index in [9.17, 15) is 0 Å². The smallest absolute Gasteiger partial charge is 0.123 e. The molecular weight excluding hydrogens is 245 g/mol. The Bertz CT molecular complexity index is 305. The number of halogens is 2. The van der Waals surface area contributed by atoms with Gasteiger partial charge in [-0.3, -0.25) is 0 Å². The third kappa shape index (κ3) is 5.06. The van der Waals surface area contributed by atoms with Gasteiger partial charge >= 0.3 is 0 Å². The fraction of sp³-hybridized carbons (Fsp3) is 0.500. The molecule has 92 valence electrons. The standard InChI is InChI=1S/C12H18ClNO.ClH/c1-3-4-7-14-9-10-8-11(13)5-6-12(10)15-2;/h5-6,8,14H,3-4,7,9H2,1-2H3;1H/p-1. The number of rotatable bonds is 6. The first-order chi connectivity index (χ1) is 7.27. The Labute approximate surface area is 109 Å². The van der Waals surface area contributed by atoms with Crippen molar-refractivity contribution in [3.63, 3.8) is 0 Å². The van der Waals surface area contributed by atoms with E-state index in [0.29, 0.717) is 0 Å². The number of unbranched alkanes of at least 4 members (excludes halogenated alkanes) is 1. The minimum absolute atomic E-state index is 0.